The highest BCUT2D eigenvalue weighted by Crippen LogP contribution is 2.28. The van der Waals surface area contributed by atoms with Gasteiger partial charge in [-0.3, -0.25) is 4.79 Å². The van der Waals surface area contributed by atoms with E-state index in [9.17, 15) is 4.79 Å². The van der Waals surface area contributed by atoms with Crippen LogP contribution in [0.15, 0.2) is 55.1 Å². The highest BCUT2D eigenvalue weighted by Gasteiger charge is 2.11. The molecule has 0 atom stereocenters. The van der Waals surface area contributed by atoms with E-state index in [2.05, 4.69) is 11.9 Å². The molecule has 1 N–H and O–H groups in total. The van der Waals surface area contributed by atoms with Crippen molar-refractivity contribution < 1.29 is 14.3 Å². The number of ether oxygens (including phenoxy) is 2. The van der Waals surface area contributed by atoms with Crippen molar-refractivity contribution in [1.82, 2.24) is 0 Å². The van der Waals surface area contributed by atoms with Crippen molar-refractivity contribution in [2.45, 2.75) is 0 Å². The molecule has 0 heterocycles. The number of anilines is 1. The Morgan fingerprint density at radius 2 is 2.09 bits per heavy atom. The van der Waals surface area contributed by atoms with Gasteiger partial charge in [-0.2, -0.15) is 0 Å². The molecule has 5 heteroatoms. The molecule has 0 spiro atoms. The van der Waals surface area contributed by atoms with E-state index in [4.69, 9.17) is 21.1 Å². The summed E-state index contributed by atoms with van der Waals surface area (Å²) in [6.45, 7) is 3.96. The highest BCUT2D eigenvalue weighted by molar-refractivity contribution is 6.30. The average molecular weight is 318 g/mol. The van der Waals surface area contributed by atoms with Crippen LogP contribution in [0.25, 0.3) is 0 Å². The average Bonchev–Trinajstić information content (AvgIpc) is 2.52. The van der Waals surface area contributed by atoms with Gasteiger partial charge in [0, 0.05) is 16.3 Å². The van der Waals surface area contributed by atoms with Crippen LogP contribution in [0.1, 0.15) is 10.4 Å². The number of nitrogens with one attached hydrogen (secondary N) is 1. The zero-order valence-corrected chi connectivity index (χ0v) is 12.9. The van der Waals surface area contributed by atoms with Gasteiger partial charge < -0.3 is 14.8 Å². The Kier molecular flexibility index (Phi) is 5.44. The smallest absolute Gasteiger partial charge is 0.255 e. The molecule has 2 aromatic carbocycles. The van der Waals surface area contributed by atoms with E-state index < -0.39 is 0 Å². The van der Waals surface area contributed by atoms with E-state index in [0.29, 0.717) is 34.4 Å². The third-order valence-corrected chi connectivity index (χ3v) is 3.10. The third-order valence-electron chi connectivity index (χ3n) is 2.86. The summed E-state index contributed by atoms with van der Waals surface area (Å²) in [6.07, 6.45) is 1.64. The van der Waals surface area contributed by atoms with E-state index in [-0.39, 0.29) is 5.91 Å². The Labute approximate surface area is 134 Å². The molecule has 1 amide bonds. The summed E-state index contributed by atoms with van der Waals surface area (Å²) in [5.74, 6) is 0.790. The first-order chi connectivity index (χ1) is 10.6. The van der Waals surface area contributed by atoms with Gasteiger partial charge >= 0.3 is 0 Å². The summed E-state index contributed by atoms with van der Waals surface area (Å²) in [4.78, 5) is 12.3. The first-order valence-corrected chi connectivity index (χ1v) is 7.00. The second kappa shape index (κ2) is 7.52. The van der Waals surface area contributed by atoms with Crippen molar-refractivity contribution in [3.63, 3.8) is 0 Å². The summed E-state index contributed by atoms with van der Waals surface area (Å²) < 4.78 is 10.7. The number of halogens is 1. The van der Waals surface area contributed by atoms with Gasteiger partial charge in [-0.15, -0.1) is 0 Å². The summed E-state index contributed by atoms with van der Waals surface area (Å²) >= 11 is 5.90. The quantitative estimate of drug-likeness (QED) is 0.814. The van der Waals surface area contributed by atoms with Crippen LogP contribution < -0.4 is 14.8 Å². The number of amides is 1. The van der Waals surface area contributed by atoms with Gasteiger partial charge in [0.2, 0.25) is 0 Å². The molecule has 114 valence electrons. The molecule has 0 saturated heterocycles. The lowest BCUT2D eigenvalue weighted by atomic mass is 10.2. The fraction of sp³-hybridized carbons (Fsp3) is 0.118. The van der Waals surface area contributed by atoms with Crippen molar-refractivity contribution in [1.29, 1.82) is 0 Å². The molecular weight excluding hydrogens is 302 g/mol. The van der Waals surface area contributed by atoms with Gasteiger partial charge in [0.15, 0.2) is 11.5 Å². The molecule has 4 nitrogen and oxygen atoms in total. The fourth-order valence-electron chi connectivity index (χ4n) is 1.85. The van der Waals surface area contributed by atoms with Gasteiger partial charge in [0.25, 0.3) is 5.91 Å². The first-order valence-electron chi connectivity index (χ1n) is 6.62. The Balaban J connectivity index is 2.17. The molecule has 0 unspecified atom stereocenters. The Morgan fingerprint density at radius 3 is 2.77 bits per heavy atom. The maximum absolute atomic E-state index is 12.3. The van der Waals surface area contributed by atoms with E-state index in [1.807, 2.05) is 0 Å². The Hall–Kier alpha value is -2.46. The van der Waals surface area contributed by atoms with Crippen LogP contribution >= 0.6 is 11.6 Å². The molecule has 2 aromatic rings. The molecule has 22 heavy (non-hydrogen) atoms. The summed E-state index contributed by atoms with van der Waals surface area (Å²) in [6, 6.07) is 11.9. The third kappa shape index (κ3) is 4.02. The standard InChI is InChI=1S/C17H16ClNO3/c1-3-9-22-15-8-7-12(10-16(15)21-2)17(20)19-14-6-4-5-13(18)11-14/h3-8,10-11H,1,9H2,2H3,(H,19,20). The molecular formula is C17H16ClNO3. The molecule has 0 aromatic heterocycles. The monoisotopic (exact) mass is 317 g/mol. The minimum Gasteiger partial charge on any atom is -0.493 e. The number of benzene rings is 2. The van der Waals surface area contributed by atoms with E-state index in [1.54, 1.807) is 48.5 Å². The lowest BCUT2D eigenvalue weighted by molar-refractivity contribution is 0.102. The van der Waals surface area contributed by atoms with E-state index >= 15 is 0 Å². The van der Waals surface area contributed by atoms with E-state index in [0.717, 1.165) is 0 Å². The molecule has 0 aliphatic carbocycles. The van der Waals surface area contributed by atoms with Crippen molar-refractivity contribution in [3.05, 3.63) is 65.7 Å². The van der Waals surface area contributed by atoms with Crippen LogP contribution in [0, 0.1) is 0 Å². The number of carbonyl (C=O) groups excluding carboxylic acids is 1. The van der Waals surface area contributed by atoms with Crippen LogP contribution in [0.5, 0.6) is 11.5 Å². The number of carbonyl (C=O) groups is 1. The zero-order valence-electron chi connectivity index (χ0n) is 12.1. The lowest BCUT2D eigenvalue weighted by Gasteiger charge is -2.11. The topological polar surface area (TPSA) is 47.6 Å². The van der Waals surface area contributed by atoms with Gasteiger partial charge in [-0.25, -0.2) is 0 Å². The number of hydrogen-bond acceptors (Lipinski definition) is 3. The van der Waals surface area contributed by atoms with Crippen LogP contribution in [0.4, 0.5) is 5.69 Å². The molecule has 0 radical (unpaired) electrons. The maximum Gasteiger partial charge on any atom is 0.255 e. The predicted molar refractivity (Wildman–Crippen MR) is 88.1 cm³/mol. The lowest BCUT2D eigenvalue weighted by Crippen LogP contribution is -2.12. The molecule has 0 bridgehead atoms. The van der Waals surface area contributed by atoms with Crippen molar-refractivity contribution >= 4 is 23.2 Å². The van der Waals surface area contributed by atoms with Gasteiger partial charge in [-0.1, -0.05) is 30.3 Å². The summed E-state index contributed by atoms with van der Waals surface area (Å²) in [5.41, 5.74) is 1.09. The number of hydrogen-bond donors (Lipinski definition) is 1. The Morgan fingerprint density at radius 1 is 1.27 bits per heavy atom. The van der Waals surface area contributed by atoms with Gasteiger partial charge in [0.1, 0.15) is 6.61 Å². The largest absolute Gasteiger partial charge is 0.493 e. The fourth-order valence-corrected chi connectivity index (χ4v) is 2.04. The van der Waals surface area contributed by atoms with Crippen LogP contribution in [-0.4, -0.2) is 19.6 Å². The molecule has 0 aliphatic heterocycles. The first kappa shape index (κ1) is 15.9. The SMILES string of the molecule is C=CCOc1ccc(C(=O)Nc2cccc(Cl)c2)cc1OC. The summed E-state index contributed by atoms with van der Waals surface area (Å²) in [7, 11) is 1.52. The van der Waals surface area contributed by atoms with Gasteiger partial charge in [-0.05, 0) is 36.4 Å². The second-order valence-electron chi connectivity index (χ2n) is 4.43. The maximum atomic E-state index is 12.3. The summed E-state index contributed by atoms with van der Waals surface area (Å²) in [5, 5.41) is 3.34. The molecule has 0 saturated carbocycles. The minimum atomic E-state index is -0.254. The predicted octanol–water partition coefficient (Wildman–Crippen LogP) is 4.17. The molecule has 0 aliphatic rings. The minimum absolute atomic E-state index is 0.254. The van der Waals surface area contributed by atoms with E-state index in [1.165, 1.54) is 7.11 Å². The van der Waals surface area contributed by atoms with Crippen molar-refractivity contribution in [3.8, 4) is 11.5 Å². The molecule has 2 rings (SSSR count). The van der Waals surface area contributed by atoms with Crippen LogP contribution in [0.2, 0.25) is 5.02 Å². The number of rotatable bonds is 6. The highest BCUT2D eigenvalue weighted by atomic mass is 35.5. The molecule has 0 fully saturated rings. The zero-order chi connectivity index (χ0) is 15.9. The Bertz CT molecular complexity index is 685. The van der Waals surface area contributed by atoms with Crippen molar-refractivity contribution in [2.75, 3.05) is 19.0 Å². The van der Waals surface area contributed by atoms with Crippen LogP contribution in [-0.2, 0) is 0 Å². The van der Waals surface area contributed by atoms with Crippen molar-refractivity contribution in [2.24, 2.45) is 0 Å². The second-order valence-corrected chi connectivity index (χ2v) is 4.87. The van der Waals surface area contributed by atoms with Crippen LogP contribution in [0.3, 0.4) is 0 Å². The number of methoxy groups -OCH3 is 1. The van der Waals surface area contributed by atoms with Gasteiger partial charge in [0.05, 0.1) is 7.11 Å². The normalized spacial score (nSPS) is 9.91.